The fourth-order valence-corrected chi connectivity index (χ4v) is 3.25. The van der Waals surface area contributed by atoms with E-state index in [2.05, 4.69) is 53.0 Å². The molecule has 4 rings (SSSR count). The topological polar surface area (TPSA) is 20.7 Å². The third-order valence-electron chi connectivity index (χ3n) is 3.75. The number of fused-ring (bicyclic) bond motifs is 4. The molecule has 3 heteroatoms. The molecule has 2 nitrogen and oxygen atoms in total. The number of aromatic nitrogens is 2. The molecule has 0 amide bonds. The average Bonchev–Trinajstić information content (AvgIpc) is 2.74. The van der Waals surface area contributed by atoms with Gasteiger partial charge in [-0.1, -0.05) is 48.6 Å². The Balaban J connectivity index is 2.42. The van der Waals surface area contributed by atoms with Gasteiger partial charge in [-0.15, -0.1) is 0 Å². The minimum atomic E-state index is 0.919. The molecular weight excluding hydrogens is 252 g/mol. The highest BCUT2D eigenvalue weighted by atomic mass is 32.1. The molecule has 0 atom stereocenters. The molecule has 0 aliphatic carbocycles. The Hall–Kier alpha value is -2.13. The number of para-hydroxylation sites is 2. The molecule has 0 radical (unpaired) electrons. The highest BCUT2D eigenvalue weighted by molar-refractivity contribution is 7.72. The molecule has 4 aromatic rings. The van der Waals surface area contributed by atoms with Crippen LogP contribution >= 0.6 is 12.2 Å². The summed E-state index contributed by atoms with van der Waals surface area (Å²) in [6.07, 6.45) is 0. The van der Waals surface area contributed by atoms with Crippen molar-refractivity contribution in [1.82, 2.24) is 9.55 Å². The lowest BCUT2D eigenvalue weighted by atomic mass is 10.2. The third kappa shape index (κ3) is 1.33. The van der Waals surface area contributed by atoms with E-state index in [4.69, 9.17) is 12.2 Å². The summed E-state index contributed by atoms with van der Waals surface area (Å²) in [5.41, 5.74) is 4.53. The SMILES string of the molecule is Cn1c2ccccc2c2[nH]c3ccccc3c(=S)c21. The number of hydrogen-bond donors (Lipinski definition) is 1. The van der Waals surface area contributed by atoms with Gasteiger partial charge in [-0.2, -0.15) is 0 Å². The molecule has 0 saturated heterocycles. The van der Waals surface area contributed by atoms with Gasteiger partial charge in [0.1, 0.15) is 0 Å². The molecule has 0 unspecified atom stereocenters. The van der Waals surface area contributed by atoms with Gasteiger partial charge >= 0.3 is 0 Å². The quantitative estimate of drug-likeness (QED) is 0.462. The molecule has 0 spiro atoms. The number of pyridine rings is 1. The Morgan fingerprint density at radius 1 is 0.947 bits per heavy atom. The van der Waals surface area contributed by atoms with E-state index in [0.717, 1.165) is 26.4 Å². The second-order valence-corrected chi connectivity index (χ2v) is 5.21. The highest BCUT2D eigenvalue weighted by Gasteiger charge is 2.11. The normalized spacial score (nSPS) is 11.6. The van der Waals surface area contributed by atoms with E-state index in [1.165, 1.54) is 10.9 Å². The van der Waals surface area contributed by atoms with Crippen molar-refractivity contribution in [3.05, 3.63) is 53.0 Å². The Morgan fingerprint density at radius 2 is 1.63 bits per heavy atom. The number of hydrogen-bond acceptors (Lipinski definition) is 1. The Bertz CT molecular complexity index is 992. The number of benzene rings is 2. The first-order valence-corrected chi connectivity index (χ1v) is 6.66. The number of H-pyrrole nitrogens is 1. The van der Waals surface area contributed by atoms with Gasteiger partial charge in [0.25, 0.3) is 0 Å². The number of nitrogens with zero attached hydrogens (tertiary/aromatic N) is 1. The summed E-state index contributed by atoms with van der Waals surface area (Å²) in [7, 11) is 2.07. The maximum atomic E-state index is 5.68. The zero-order chi connectivity index (χ0) is 13.0. The van der Waals surface area contributed by atoms with Crippen molar-refractivity contribution in [3.8, 4) is 0 Å². The van der Waals surface area contributed by atoms with E-state index in [1.807, 2.05) is 12.1 Å². The first-order valence-electron chi connectivity index (χ1n) is 6.25. The van der Waals surface area contributed by atoms with Gasteiger partial charge in [-0.25, -0.2) is 0 Å². The zero-order valence-corrected chi connectivity index (χ0v) is 11.3. The predicted octanol–water partition coefficient (Wildman–Crippen LogP) is 4.54. The molecule has 19 heavy (non-hydrogen) atoms. The van der Waals surface area contributed by atoms with E-state index in [0.29, 0.717) is 0 Å². The minimum Gasteiger partial charge on any atom is -0.353 e. The van der Waals surface area contributed by atoms with Crippen LogP contribution in [0.15, 0.2) is 48.5 Å². The number of aryl methyl sites for hydroxylation is 1. The fourth-order valence-electron chi connectivity index (χ4n) is 2.84. The molecule has 0 aliphatic rings. The predicted molar refractivity (Wildman–Crippen MR) is 83.1 cm³/mol. The Kier molecular flexibility index (Phi) is 2.09. The summed E-state index contributed by atoms with van der Waals surface area (Å²) in [5.74, 6) is 0. The van der Waals surface area contributed by atoms with Crippen molar-refractivity contribution in [2.24, 2.45) is 7.05 Å². The smallest absolute Gasteiger partial charge is 0.0844 e. The van der Waals surface area contributed by atoms with Crippen LogP contribution in [0.2, 0.25) is 0 Å². The maximum absolute atomic E-state index is 5.68. The van der Waals surface area contributed by atoms with E-state index in [-0.39, 0.29) is 0 Å². The Morgan fingerprint density at radius 3 is 2.47 bits per heavy atom. The van der Waals surface area contributed by atoms with E-state index >= 15 is 0 Å². The van der Waals surface area contributed by atoms with Gasteiger partial charge in [0.15, 0.2) is 0 Å². The van der Waals surface area contributed by atoms with Crippen molar-refractivity contribution in [3.63, 3.8) is 0 Å². The molecule has 92 valence electrons. The lowest BCUT2D eigenvalue weighted by molar-refractivity contribution is 1.01. The van der Waals surface area contributed by atoms with Gasteiger partial charge in [0, 0.05) is 23.3 Å². The number of rotatable bonds is 0. The van der Waals surface area contributed by atoms with Crippen molar-refractivity contribution in [2.45, 2.75) is 0 Å². The first kappa shape index (κ1) is 10.8. The molecule has 0 aliphatic heterocycles. The monoisotopic (exact) mass is 264 g/mol. The number of nitrogens with one attached hydrogen (secondary N) is 1. The molecule has 0 saturated carbocycles. The summed E-state index contributed by atoms with van der Waals surface area (Å²) in [4.78, 5) is 3.53. The second-order valence-electron chi connectivity index (χ2n) is 4.80. The van der Waals surface area contributed by atoms with Crippen LogP contribution in [-0.2, 0) is 7.05 Å². The van der Waals surface area contributed by atoms with Crippen LogP contribution in [0, 0.1) is 4.51 Å². The fraction of sp³-hybridized carbons (Fsp3) is 0.0625. The van der Waals surface area contributed by atoms with Gasteiger partial charge in [0.2, 0.25) is 0 Å². The third-order valence-corrected chi connectivity index (χ3v) is 4.17. The second kappa shape index (κ2) is 3.68. The van der Waals surface area contributed by atoms with Gasteiger partial charge < -0.3 is 9.55 Å². The molecular formula is C16H12N2S. The molecule has 2 aromatic carbocycles. The van der Waals surface area contributed by atoms with Crippen LogP contribution in [-0.4, -0.2) is 9.55 Å². The van der Waals surface area contributed by atoms with Crippen LogP contribution in [0.25, 0.3) is 32.8 Å². The molecule has 1 N–H and O–H groups in total. The largest absolute Gasteiger partial charge is 0.353 e. The zero-order valence-electron chi connectivity index (χ0n) is 10.5. The summed E-state index contributed by atoms with van der Waals surface area (Å²) < 4.78 is 3.10. The minimum absolute atomic E-state index is 0.919. The van der Waals surface area contributed by atoms with E-state index < -0.39 is 0 Å². The molecule has 0 bridgehead atoms. The van der Waals surface area contributed by atoms with E-state index in [9.17, 15) is 0 Å². The molecule has 2 aromatic heterocycles. The summed E-state index contributed by atoms with van der Waals surface area (Å²) in [5, 5.41) is 2.33. The lowest BCUT2D eigenvalue weighted by Gasteiger charge is -2.02. The van der Waals surface area contributed by atoms with Crippen LogP contribution in [0.3, 0.4) is 0 Å². The lowest BCUT2D eigenvalue weighted by Crippen LogP contribution is -1.89. The molecule has 0 fully saturated rings. The van der Waals surface area contributed by atoms with E-state index in [1.54, 1.807) is 0 Å². The van der Waals surface area contributed by atoms with Crippen LogP contribution in [0.1, 0.15) is 0 Å². The van der Waals surface area contributed by atoms with Gasteiger partial charge in [0.05, 0.1) is 21.1 Å². The average molecular weight is 264 g/mol. The van der Waals surface area contributed by atoms with Crippen molar-refractivity contribution in [2.75, 3.05) is 0 Å². The van der Waals surface area contributed by atoms with Crippen molar-refractivity contribution >= 4 is 45.1 Å². The maximum Gasteiger partial charge on any atom is 0.0844 e. The number of aromatic amines is 1. The van der Waals surface area contributed by atoms with Gasteiger partial charge in [-0.05, 0) is 12.1 Å². The highest BCUT2D eigenvalue weighted by Crippen LogP contribution is 2.30. The Labute approximate surface area is 115 Å². The molecule has 2 heterocycles. The summed E-state index contributed by atoms with van der Waals surface area (Å²) in [6.45, 7) is 0. The van der Waals surface area contributed by atoms with Gasteiger partial charge in [-0.3, -0.25) is 0 Å². The van der Waals surface area contributed by atoms with Crippen molar-refractivity contribution in [1.29, 1.82) is 0 Å². The van der Waals surface area contributed by atoms with Crippen molar-refractivity contribution < 1.29 is 0 Å². The first-order chi connectivity index (χ1) is 9.27. The van der Waals surface area contributed by atoms with Crippen LogP contribution in [0.4, 0.5) is 0 Å². The van der Waals surface area contributed by atoms with Crippen LogP contribution in [0.5, 0.6) is 0 Å². The van der Waals surface area contributed by atoms with Crippen LogP contribution < -0.4 is 0 Å². The summed E-state index contributed by atoms with van der Waals surface area (Å²) >= 11 is 5.68. The summed E-state index contributed by atoms with van der Waals surface area (Å²) in [6, 6.07) is 16.6. The standard InChI is InChI=1S/C16H12N2S/c1-18-13-9-5-3-7-11(13)14-15(18)16(19)10-6-2-4-8-12(10)17-14/h2-9H,1H3,(H,17,19).